The summed E-state index contributed by atoms with van der Waals surface area (Å²) < 4.78 is 25.4. The Balaban J connectivity index is 1.92. The number of carbonyl (C=O) groups is 1. The van der Waals surface area contributed by atoms with Gasteiger partial charge in [-0.15, -0.1) is 0 Å². The van der Waals surface area contributed by atoms with Crippen LogP contribution in [0.4, 0.5) is 0 Å². The lowest BCUT2D eigenvalue weighted by Gasteiger charge is -2.32. The minimum atomic E-state index is -3.15. The van der Waals surface area contributed by atoms with Gasteiger partial charge in [0.15, 0.2) is 0 Å². The molecule has 0 aliphatic carbocycles. The first-order valence-corrected chi connectivity index (χ1v) is 11.0. The van der Waals surface area contributed by atoms with E-state index in [4.69, 9.17) is 0 Å². The quantitative estimate of drug-likeness (QED) is 0.789. The Bertz CT molecular complexity index is 712. The maximum atomic E-state index is 12.7. The monoisotopic (exact) mass is 380 g/mol. The van der Waals surface area contributed by atoms with Crippen LogP contribution in [0.15, 0.2) is 24.3 Å². The van der Waals surface area contributed by atoms with Crippen molar-refractivity contribution in [2.45, 2.75) is 52.5 Å². The van der Waals surface area contributed by atoms with E-state index in [-0.39, 0.29) is 23.0 Å². The highest BCUT2D eigenvalue weighted by molar-refractivity contribution is 7.89. The van der Waals surface area contributed by atoms with Crippen LogP contribution in [-0.4, -0.2) is 49.4 Å². The van der Waals surface area contributed by atoms with Gasteiger partial charge in [-0.25, -0.2) is 12.7 Å². The number of piperidine rings is 1. The molecule has 1 aromatic carbocycles. The van der Waals surface area contributed by atoms with Crippen LogP contribution in [0.1, 0.15) is 51.7 Å². The second-order valence-corrected chi connectivity index (χ2v) is 10.5. The van der Waals surface area contributed by atoms with Gasteiger partial charge in [-0.2, -0.15) is 0 Å². The van der Waals surface area contributed by atoms with Crippen molar-refractivity contribution in [1.82, 2.24) is 9.21 Å². The molecule has 26 heavy (non-hydrogen) atoms. The number of amides is 1. The van der Waals surface area contributed by atoms with Gasteiger partial charge in [0, 0.05) is 32.6 Å². The molecule has 0 saturated carbocycles. The average molecular weight is 381 g/mol. The molecule has 0 N–H and O–H groups in total. The maximum Gasteiger partial charge on any atom is 0.225 e. The summed E-state index contributed by atoms with van der Waals surface area (Å²) in [6, 6.07) is 8.42. The Morgan fingerprint density at radius 3 is 2.15 bits per heavy atom. The van der Waals surface area contributed by atoms with E-state index in [1.54, 1.807) is 11.8 Å². The molecule has 0 atom stereocenters. The van der Waals surface area contributed by atoms with Crippen molar-refractivity contribution in [2.24, 2.45) is 5.92 Å². The molecule has 1 saturated heterocycles. The third-order valence-corrected chi connectivity index (χ3v) is 7.06. The normalized spacial score (nSPS) is 17.3. The Hall–Kier alpha value is -1.40. The van der Waals surface area contributed by atoms with Gasteiger partial charge < -0.3 is 4.90 Å². The zero-order valence-corrected chi connectivity index (χ0v) is 17.5. The van der Waals surface area contributed by atoms with Crippen molar-refractivity contribution in [2.75, 3.05) is 25.9 Å². The van der Waals surface area contributed by atoms with Crippen molar-refractivity contribution in [1.29, 1.82) is 0 Å². The Morgan fingerprint density at radius 1 is 1.15 bits per heavy atom. The zero-order valence-electron chi connectivity index (χ0n) is 16.7. The van der Waals surface area contributed by atoms with Crippen LogP contribution in [-0.2, 0) is 26.8 Å². The molecule has 1 fully saturated rings. The number of benzene rings is 1. The molecule has 1 heterocycles. The van der Waals surface area contributed by atoms with E-state index in [1.807, 2.05) is 7.05 Å². The number of sulfonamides is 1. The second kappa shape index (κ2) is 8.09. The fourth-order valence-corrected chi connectivity index (χ4v) is 4.47. The number of rotatable bonds is 5. The van der Waals surface area contributed by atoms with Crippen LogP contribution in [0.3, 0.4) is 0 Å². The number of hydrogen-bond donors (Lipinski definition) is 0. The van der Waals surface area contributed by atoms with E-state index >= 15 is 0 Å². The van der Waals surface area contributed by atoms with Gasteiger partial charge in [0.2, 0.25) is 15.9 Å². The van der Waals surface area contributed by atoms with Crippen molar-refractivity contribution < 1.29 is 13.2 Å². The molecule has 1 aliphatic rings. The van der Waals surface area contributed by atoms with E-state index < -0.39 is 10.0 Å². The van der Waals surface area contributed by atoms with Crippen molar-refractivity contribution in [3.63, 3.8) is 0 Å². The van der Waals surface area contributed by atoms with Gasteiger partial charge in [-0.1, -0.05) is 45.0 Å². The third kappa shape index (κ3) is 5.07. The first-order valence-electron chi connectivity index (χ1n) is 9.37. The second-order valence-electron chi connectivity index (χ2n) is 8.22. The molecule has 2 rings (SSSR count). The standard InChI is InChI=1S/C20H32N2O3S/c1-6-26(24,25)22-13-11-17(12-14-22)19(23)21(5)15-16-7-9-18(10-8-16)20(2,3)4/h7-10,17H,6,11-15H2,1-5H3. The van der Waals surface area contributed by atoms with Gasteiger partial charge in [-0.05, 0) is 36.3 Å². The summed E-state index contributed by atoms with van der Waals surface area (Å²) in [5.41, 5.74) is 2.51. The van der Waals surface area contributed by atoms with Crippen LogP contribution >= 0.6 is 0 Å². The largest absolute Gasteiger partial charge is 0.341 e. The highest BCUT2D eigenvalue weighted by Crippen LogP contribution is 2.24. The zero-order chi connectivity index (χ0) is 19.5. The Kier molecular flexibility index (Phi) is 6.51. The summed E-state index contributed by atoms with van der Waals surface area (Å²) in [6.07, 6.45) is 1.21. The van der Waals surface area contributed by atoms with E-state index in [0.717, 1.165) is 5.56 Å². The first-order chi connectivity index (χ1) is 12.0. The summed E-state index contributed by atoms with van der Waals surface area (Å²) in [7, 11) is -1.32. The van der Waals surface area contributed by atoms with Gasteiger partial charge in [0.25, 0.3) is 0 Å². The molecule has 1 aliphatic heterocycles. The van der Waals surface area contributed by atoms with Crippen LogP contribution in [0.2, 0.25) is 0 Å². The number of nitrogens with zero attached hydrogens (tertiary/aromatic N) is 2. The lowest BCUT2D eigenvalue weighted by atomic mass is 9.86. The Morgan fingerprint density at radius 2 is 1.69 bits per heavy atom. The first kappa shape index (κ1) is 20.9. The molecule has 0 unspecified atom stereocenters. The van der Waals surface area contributed by atoms with Crippen molar-refractivity contribution in [3.8, 4) is 0 Å². The van der Waals surface area contributed by atoms with E-state index in [9.17, 15) is 13.2 Å². The SMILES string of the molecule is CCS(=O)(=O)N1CCC(C(=O)N(C)Cc2ccc(C(C)(C)C)cc2)CC1. The van der Waals surface area contributed by atoms with E-state index in [0.29, 0.717) is 32.5 Å². The van der Waals surface area contributed by atoms with Crippen LogP contribution < -0.4 is 0 Å². The predicted molar refractivity (Wildman–Crippen MR) is 105 cm³/mol. The molecule has 6 heteroatoms. The highest BCUT2D eigenvalue weighted by atomic mass is 32.2. The molecule has 0 aromatic heterocycles. The smallest absolute Gasteiger partial charge is 0.225 e. The Labute approximate surface area is 158 Å². The van der Waals surface area contributed by atoms with Crippen molar-refractivity contribution in [3.05, 3.63) is 35.4 Å². The molecular weight excluding hydrogens is 348 g/mol. The fourth-order valence-electron chi connectivity index (χ4n) is 3.34. The maximum absolute atomic E-state index is 12.7. The predicted octanol–water partition coefficient (Wildman–Crippen LogP) is 3.00. The molecular formula is C20H32N2O3S. The number of carbonyl (C=O) groups excluding carboxylic acids is 1. The summed E-state index contributed by atoms with van der Waals surface area (Å²) in [6.45, 7) is 9.68. The lowest BCUT2D eigenvalue weighted by Crippen LogP contribution is -2.43. The lowest BCUT2D eigenvalue weighted by molar-refractivity contribution is -0.135. The fraction of sp³-hybridized carbons (Fsp3) is 0.650. The molecule has 0 bridgehead atoms. The van der Waals surface area contributed by atoms with E-state index in [1.165, 1.54) is 9.87 Å². The third-order valence-electron chi connectivity index (χ3n) is 5.18. The highest BCUT2D eigenvalue weighted by Gasteiger charge is 2.31. The summed E-state index contributed by atoms with van der Waals surface area (Å²) in [5.74, 6) is 0.145. The molecule has 1 amide bonds. The topological polar surface area (TPSA) is 57.7 Å². The molecule has 0 radical (unpaired) electrons. The number of hydrogen-bond acceptors (Lipinski definition) is 3. The van der Waals surface area contributed by atoms with E-state index in [2.05, 4.69) is 45.0 Å². The van der Waals surface area contributed by atoms with Gasteiger partial charge >= 0.3 is 0 Å². The molecule has 0 spiro atoms. The van der Waals surface area contributed by atoms with Crippen LogP contribution in [0.25, 0.3) is 0 Å². The molecule has 5 nitrogen and oxygen atoms in total. The minimum Gasteiger partial charge on any atom is -0.341 e. The van der Waals surface area contributed by atoms with Gasteiger partial charge in [0.1, 0.15) is 0 Å². The van der Waals surface area contributed by atoms with Crippen LogP contribution in [0, 0.1) is 5.92 Å². The minimum absolute atomic E-state index is 0.0860. The average Bonchev–Trinajstić information content (AvgIpc) is 2.61. The van der Waals surface area contributed by atoms with Gasteiger partial charge in [0.05, 0.1) is 5.75 Å². The summed E-state index contributed by atoms with van der Waals surface area (Å²) >= 11 is 0. The van der Waals surface area contributed by atoms with Gasteiger partial charge in [-0.3, -0.25) is 4.79 Å². The molecule has 1 aromatic rings. The van der Waals surface area contributed by atoms with Crippen molar-refractivity contribution >= 4 is 15.9 Å². The van der Waals surface area contributed by atoms with Crippen LogP contribution in [0.5, 0.6) is 0 Å². The molecule has 146 valence electrons. The summed E-state index contributed by atoms with van der Waals surface area (Å²) in [4.78, 5) is 14.5. The summed E-state index contributed by atoms with van der Waals surface area (Å²) in [5, 5.41) is 0.